The number of nitrogens with zero attached hydrogens (tertiary/aromatic N) is 2. The molecule has 1 aromatic heterocycles. The summed E-state index contributed by atoms with van der Waals surface area (Å²) in [6, 6.07) is 13.2. The third-order valence-electron chi connectivity index (χ3n) is 3.95. The molecule has 0 saturated heterocycles. The van der Waals surface area contributed by atoms with Gasteiger partial charge in [-0.3, -0.25) is 9.78 Å². The summed E-state index contributed by atoms with van der Waals surface area (Å²) in [7, 11) is 0. The largest absolute Gasteiger partial charge is 0.507 e. The summed E-state index contributed by atoms with van der Waals surface area (Å²) in [5, 5.41) is 11.5. The summed E-state index contributed by atoms with van der Waals surface area (Å²) < 4.78 is 0. The van der Waals surface area contributed by atoms with Crippen LogP contribution in [-0.4, -0.2) is 20.9 Å². The highest BCUT2D eigenvalue weighted by atomic mass is 35.5. The maximum Gasteiger partial charge on any atom is 0.258 e. The zero-order valence-corrected chi connectivity index (χ0v) is 16.3. The van der Waals surface area contributed by atoms with Crippen LogP contribution in [0.2, 0.25) is 15.1 Å². The number of rotatable bonds is 5. The molecule has 0 aliphatic rings. The quantitative estimate of drug-likeness (QED) is 0.584. The molecule has 1 heterocycles. The van der Waals surface area contributed by atoms with E-state index in [9.17, 15) is 9.90 Å². The Labute approximate surface area is 171 Å². The molecule has 0 saturated carbocycles. The van der Waals surface area contributed by atoms with E-state index < -0.39 is 0 Å². The molecule has 3 rings (SSSR count). The third kappa shape index (κ3) is 4.92. The summed E-state index contributed by atoms with van der Waals surface area (Å²) in [6.07, 6.45) is 3.35. The molecule has 0 bridgehead atoms. The molecule has 0 aliphatic carbocycles. The van der Waals surface area contributed by atoms with Crippen molar-refractivity contribution >= 4 is 40.7 Å². The predicted molar refractivity (Wildman–Crippen MR) is 107 cm³/mol. The van der Waals surface area contributed by atoms with Gasteiger partial charge in [-0.1, -0.05) is 46.9 Å². The van der Waals surface area contributed by atoms with Gasteiger partial charge < -0.3 is 10.0 Å². The molecule has 27 heavy (non-hydrogen) atoms. The van der Waals surface area contributed by atoms with Gasteiger partial charge in [0.15, 0.2) is 0 Å². The van der Waals surface area contributed by atoms with Gasteiger partial charge in [0.1, 0.15) is 5.75 Å². The highest BCUT2D eigenvalue weighted by Crippen LogP contribution is 2.27. The molecule has 4 nitrogen and oxygen atoms in total. The number of phenols is 1. The van der Waals surface area contributed by atoms with Gasteiger partial charge in [-0.2, -0.15) is 0 Å². The molecule has 138 valence electrons. The number of phenolic OH excluding ortho intramolecular Hbond substituents is 1. The second kappa shape index (κ2) is 8.61. The fraction of sp³-hybridized carbons (Fsp3) is 0.100. The second-order valence-corrected chi connectivity index (χ2v) is 7.20. The van der Waals surface area contributed by atoms with E-state index in [-0.39, 0.29) is 23.8 Å². The Bertz CT molecular complexity index is 965. The fourth-order valence-corrected chi connectivity index (χ4v) is 3.26. The average Bonchev–Trinajstić information content (AvgIpc) is 2.63. The first-order valence-corrected chi connectivity index (χ1v) is 9.18. The van der Waals surface area contributed by atoms with Crippen molar-refractivity contribution in [1.29, 1.82) is 0 Å². The molecule has 0 fully saturated rings. The summed E-state index contributed by atoms with van der Waals surface area (Å²) in [6.45, 7) is 0.541. The van der Waals surface area contributed by atoms with Gasteiger partial charge in [0, 0.05) is 40.6 Å². The van der Waals surface area contributed by atoms with Crippen LogP contribution in [0.15, 0.2) is 60.9 Å². The summed E-state index contributed by atoms with van der Waals surface area (Å²) in [4.78, 5) is 18.8. The number of amides is 1. The number of hydrogen-bond acceptors (Lipinski definition) is 3. The number of carbonyl (C=O) groups excluding carboxylic acids is 1. The van der Waals surface area contributed by atoms with Crippen molar-refractivity contribution in [2.75, 3.05) is 0 Å². The topological polar surface area (TPSA) is 53.4 Å². The molecule has 0 atom stereocenters. The van der Waals surface area contributed by atoms with Gasteiger partial charge in [-0.05, 0) is 47.5 Å². The van der Waals surface area contributed by atoms with Crippen LogP contribution in [-0.2, 0) is 13.1 Å². The van der Waals surface area contributed by atoms with Crippen LogP contribution in [0.1, 0.15) is 21.5 Å². The van der Waals surface area contributed by atoms with E-state index in [4.69, 9.17) is 34.8 Å². The van der Waals surface area contributed by atoms with Gasteiger partial charge in [-0.15, -0.1) is 0 Å². The molecule has 0 unspecified atom stereocenters. The molecule has 2 aromatic carbocycles. The lowest BCUT2D eigenvalue weighted by atomic mass is 10.1. The first-order chi connectivity index (χ1) is 12.9. The van der Waals surface area contributed by atoms with E-state index in [1.165, 1.54) is 12.1 Å². The lowest BCUT2D eigenvalue weighted by Crippen LogP contribution is -2.30. The number of benzene rings is 2. The van der Waals surface area contributed by atoms with Gasteiger partial charge in [0.05, 0.1) is 5.56 Å². The Morgan fingerprint density at radius 2 is 1.74 bits per heavy atom. The maximum atomic E-state index is 13.1. The summed E-state index contributed by atoms with van der Waals surface area (Å²) in [5.41, 5.74) is 1.75. The average molecular weight is 422 g/mol. The fourth-order valence-electron chi connectivity index (χ4n) is 2.62. The smallest absolute Gasteiger partial charge is 0.258 e. The molecule has 3 aromatic rings. The maximum absolute atomic E-state index is 13.1. The SMILES string of the molecule is O=C(c1ccc(Cl)cc1O)N(Cc1cccnc1)Cc1ccc(Cl)cc1Cl. The van der Waals surface area contributed by atoms with Crippen LogP contribution in [0.25, 0.3) is 0 Å². The molecule has 1 amide bonds. The third-order valence-corrected chi connectivity index (χ3v) is 4.77. The van der Waals surface area contributed by atoms with E-state index in [0.717, 1.165) is 11.1 Å². The van der Waals surface area contributed by atoms with Crippen LogP contribution in [0.5, 0.6) is 5.75 Å². The van der Waals surface area contributed by atoms with Crippen molar-refractivity contribution in [3.8, 4) is 5.75 Å². The molecular weight excluding hydrogens is 407 g/mol. The van der Waals surface area contributed by atoms with Crippen LogP contribution in [0, 0.1) is 0 Å². The number of pyridine rings is 1. The lowest BCUT2D eigenvalue weighted by Gasteiger charge is -2.24. The van der Waals surface area contributed by atoms with Gasteiger partial charge in [-0.25, -0.2) is 0 Å². The highest BCUT2D eigenvalue weighted by molar-refractivity contribution is 6.35. The standard InChI is InChI=1S/C20H15Cl3N2O2/c21-15-4-3-14(18(23)8-15)12-25(11-13-2-1-7-24-10-13)20(27)17-6-5-16(22)9-19(17)26/h1-10,26H,11-12H2. The Morgan fingerprint density at radius 3 is 2.41 bits per heavy atom. The number of aromatic hydroxyl groups is 1. The van der Waals surface area contributed by atoms with Crippen molar-refractivity contribution in [3.05, 3.63) is 92.7 Å². The van der Waals surface area contributed by atoms with Crippen LogP contribution in [0.3, 0.4) is 0 Å². The minimum Gasteiger partial charge on any atom is -0.507 e. The Morgan fingerprint density at radius 1 is 1.00 bits per heavy atom. The highest BCUT2D eigenvalue weighted by Gasteiger charge is 2.21. The minimum absolute atomic E-state index is 0.161. The number of carbonyl (C=O) groups is 1. The molecular formula is C20H15Cl3N2O2. The van der Waals surface area contributed by atoms with Crippen LogP contribution < -0.4 is 0 Å². The van der Waals surface area contributed by atoms with Crippen molar-refractivity contribution < 1.29 is 9.90 Å². The van der Waals surface area contributed by atoms with Crippen LogP contribution in [0.4, 0.5) is 0 Å². The summed E-state index contributed by atoms with van der Waals surface area (Å²) >= 11 is 18.1. The van der Waals surface area contributed by atoms with E-state index in [1.807, 2.05) is 6.07 Å². The normalized spacial score (nSPS) is 10.6. The van der Waals surface area contributed by atoms with Crippen LogP contribution >= 0.6 is 34.8 Å². The van der Waals surface area contributed by atoms with Gasteiger partial charge >= 0.3 is 0 Å². The van der Waals surface area contributed by atoms with Crippen molar-refractivity contribution in [2.24, 2.45) is 0 Å². The van der Waals surface area contributed by atoms with Crippen molar-refractivity contribution in [2.45, 2.75) is 13.1 Å². The number of hydrogen-bond donors (Lipinski definition) is 1. The first kappa shape index (κ1) is 19.5. The summed E-state index contributed by atoms with van der Waals surface area (Å²) in [5.74, 6) is -0.523. The Balaban J connectivity index is 1.94. The lowest BCUT2D eigenvalue weighted by molar-refractivity contribution is 0.0727. The van der Waals surface area contributed by atoms with E-state index >= 15 is 0 Å². The second-order valence-electron chi connectivity index (χ2n) is 5.92. The van der Waals surface area contributed by atoms with Gasteiger partial charge in [0.2, 0.25) is 0 Å². The zero-order chi connectivity index (χ0) is 19.4. The number of aromatic nitrogens is 1. The first-order valence-electron chi connectivity index (χ1n) is 8.04. The van der Waals surface area contributed by atoms with E-state index in [2.05, 4.69) is 4.98 Å². The van der Waals surface area contributed by atoms with Crippen molar-refractivity contribution in [3.63, 3.8) is 0 Å². The van der Waals surface area contributed by atoms with Gasteiger partial charge in [0.25, 0.3) is 5.91 Å². The van der Waals surface area contributed by atoms with E-state index in [1.54, 1.807) is 47.6 Å². The molecule has 0 aliphatic heterocycles. The predicted octanol–water partition coefficient (Wildman–Crippen LogP) is 5.59. The minimum atomic E-state index is -0.348. The zero-order valence-electron chi connectivity index (χ0n) is 14.1. The number of halogens is 3. The Hall–Kier alpha value is -2.27. The molecule has 0 radical (unpaired) electrons. The Kier molecular flexibility index (Phi) is 6.22. The molecule has 0 spiro atoms. The molecule has 7 heteroatoms. The molecule has 1 N–H and O–H groups in total. The monoisotopic (exact) mass is 420 g/mol. The van der Waals surface area contributed by atoms with Crippen molar-refractivity contribution in [1.82, 2.24) is 9.88 Å². The van der Waals surface area contributed by atoms with E-state index in [0.29, 0.717) is 21.6 Å².